The minimum absolute atomic E-state index is 0. The second kappa shape index (κ2) is 39.8. The van der Waals surface area contributed by atoms with Crippen molar-refractivity contribution in [3.05, 3.63) is 0 Å². The lowest BCUT2D eigenvalue weighted by atomic mass is 10.0. The van der Waals surface area contributed by atoms with Gasteiger partial charge in [0, 0.05) is 0 Å². The molecule has 0 heterocycles. The van der Waals surface area contributed by atoms with Crippen LogP contribution in [0.4, 0.5) is 0 Å². The lowest BCUT2D eigenvalue weighted by Crippen LogP contribution is -3.00. The third-order valence-electron chi connectivity index (χ3n) is 10.9. The second-order valence-corrected chi connectivity index (χ2v) is 16.1. The summed E-state index contributed by atoms with van der Waals surface area (Å²) in [5.41, 5.74) is 17.5. The predicted molar refractivity (Wildman–Crippen MR) is 222 cm³/mol. The summed E-state index contributed by atoms with van der Waals surface area (Å²) >= 11 is 0. The third kappa shape index (κ3) is 33.6. The molecule has 2 amide bonds. The molecule has 0 aliphatic heterocycles. The number of likely N-dealkylation sites (N-methyl/N-ethyl adjacent to an activating group) is 1. The van der Waals surface area contributed by atoms with Crippen molar-refractivity contribution in [2.24, 2.45) is 17.2 Å². The summed E-state index contributed by atoms with van der Waals surface area (Å²) in [7, 11) is 2.39. The van der Waals surface area contributed by atoms with Crippen molar-refractivity contribution >= 4 is 11.8 Å². The van der Waals surface area contributed by atoms with Crippen molar-refractivity contribution in [3.63, 3.8) is 0 Å². The molecule has 8 nitrogen and oxygen atoms in total. The summed E-state index contributed by atoms with van der Waals surface area (Å²) in [6.07, 6.45) is 37.2. The van der Waals surface area contributed by atoms with Crippen molar-refractivity contribution in [2.45, 2.75) is 219 Å². The number of hydrogen-bond donors (Lipinski definition) is 5. The van der Waals surface area contributed by atoms with Crippen LogP contribution < -0.4 is 40.2 Å². The van der Waals surface area contributed by atoms with E-state index in [4.69, 9.17) is 17.2 Å². The van der Waals surface area contributed by atoms with Crippen LogP contribution in [-0.4, -0.2) is 74.7 Å². The highest BCUT2D eigenvalue weighted by molar-refractivity contribution is 5.89. The molecule has 0 aromatic carbocycles. The topological polar surface area (TPSA) is 136 Å². The first-order chi connectivity index (χ1) is 24.8. The Labute approximate surface area is 330 Å². The maximum absolute atomic E-state index is 13.4. The van der Waals surface area contributed by atoms with Crippen molar-refractivity contribution in [3.8, 4) is 0 Å². The average molecular weight is 760 g/mol. The van der Waals surface area contributed by atoms with Crippen LogP contribution in [0.5, 0.6) is 0 Å². The minimum atomic E-state index is -0.618. The molecule has 8 N–H and O–H groups in total. The molecule has 0 aromatic rings. The van der Waals surface area contributed by atoms with E-state index in [0.29, 0.717) is 32.5 Å². The van der Waals surface area contributed by atoms with E-state index in [2.05, 4.69) is 31.5 Å². The van der Waals surface area contributed by atoms with E-state index in [1.165, 1.54) is 167 Å². The van der Waals surface area contributed by atoms with Crippen LogP contribution >= 0.6 is 0 Å². The van der Waals surface area contributed by atoms with Gasteiger partial charge in [-0.1, -0.05) is 149 Å². The SMILES string of the molecule is CCCCCCCCCCCCCC[N+](C)(CCCCCCCCCCCCCC)CCNC(=O)C(CCCCN)NC(=O)[C@@H](N)CCCCN.[Cl-]. The van der Waals surface area contributed by atoms with E-state index >= 15 is 0 Å². The Hall–Kier alpha value is -0.930. The molecule has 0 bridgehead atoms. The first-order valence-corrected chi connectivity index (χ1v) is 22.4. The monoisotopic (exact) mass is 759 g/mol. The molecule has 312 valence electrons. The number of carbonyl (C=O) groups excluding carboxylic acids is 2. The molecule has 1 unspecified atom stereocenters. The van der Waals surface area contributed by atoms with Crippen molar-refractivity contribution in [1.82, 2.24) is 10.6 Å². The minimum Gasteiger partial charge on any atom is -1.00 e. The summed E-state index contributed by atoms with van der Waals surface area (Å²) in [6, 6.07) is -1.19. The van der Waals surface area contributed by atoms with Crippen molar-refractivity contribution < 1.29 is 26.5 Å². The van der Waals surface area contributed by atoms with Crippen LogP contribution in [0, 0.1) is 0 Å². The molecule has 0 aliphatic rings. The van der Waals surface area contributed by atoms with Gasteiger partial charge in [-0.3, -0.25) is 9.59 Å². The average Bonchev–Trinajstić information content (AvgIpc) is 3.12. The molecule has 0 radical (unpaired) electrons. The zero-order chi connectivity index (χ0) is 37.7. The number of nitrogens with two attached hydrogens (primary N) is 3. The summed E-state index contributed by atoms with van der Waals surface area (Å²) in [5.74, 6) is -0.351. The molecular formula is C43H91ClN6O2. The van der Waals surface area contributed by atoms with E-state index < -0.39 is 12.1 Å². The van der Waals surface area contributed by atoms with Gasteiger partial charge in [-0.15, -0.1) is 0 Å². The van der Waals surface area contributed by atoms with Gasteiger partial charge >= 0.3 is 0 Å². The largest absolute Gasteiger partial charge is 1.00 e. The van der Waals surface area contributed by atoms with Gasteiger partial charge in [0.1, 0.15) is 6.04 Å². The Bertz CT molecular complexity index is 746. The smallest absolute Gasteiger partial charge is 0.242 e. The Morgan fingerprint density at radius 1 is 0.500 bits per heavy atom. The highest BCUT2D eigenvalue weighted by Gasteiger charge is 2.25. The van der Waals surface area contributed by atoms with Gasteiger partial charge < -0.3 is 44.7 Å². The summed E-state index contributed by atoms with van der Waals surface area (Å²) in [4.78, 5) is 26.2. The fourth-order valence-electron chi connectivity index (χ4n) is 7.26. The molecule has 0 saturated heterocycles. The maximum Gasteiger partial charge on any atom is 0.242 e. The summed E-state index contributed by atoms with van der Waals surface area (Å²) in [5, 5.41) is 6.15. The Balaban J connectivity index is 0. The maximum atomic E-state index is 13.4. The Morgan fingerprint density at radius 3 is 1.25 bits per heavy atom. The number of halogens is 1. The van der Waals surface area contributed by atoms with E-state index in [-0.39, 0.29) is 24.2 Å². The zero-order valence-corrected chi connectivity index (χ0v) is 35.7. The van der Waals surface area contributed by atoms with Crippen LogP contribution in [0.25, 0.3) is 0 Å². The van der Waals surface area contributed by atoms with Gasteiger partial charge in [-0.2, -0.15) is 0 Å². The van der Waals surface area contributed by atoms with E-state index in [1.54, 1.807) is 0 Å². The van der Waals surface area contributed by atoms with Crippen LogP contribution in [0.3, 0.4) is 0 Å². The molecule has 52 heavy (non-hydrogen) atoms. The molecule has 0 rings (SSSR count). The zero-order valence-electron chi connectivity index (χ0n) is 35.0. The molecule has 0 spiro atoms. The van der Waals surface area contributed by atoms with Crippen LogP contribution in [0.1, 0.15) is 206 Å². The third-order valence-corrected chi connectivity index (χ3v) is 10.9. The van der Waals surface area contributed by atoms with Gasteiger partial charge in [-0.05, 0) is 70.9 Å². The first kappa shape index (κ1) is 53.2. The fraction of sp³-hybridized carbons (Fsp3) is 0.953. The molecule has 9 heteroatoms. The van der Waals surface area contributed by atoms with E-state index in [0.717, 1.165) is 36.7 Å². The quantitative estimate of drug-likeness (QED) is 0.0385. The van der Waals surface area contributed by atoms with Crippen molar-refractivity contribution in [1.29, 1.82) is 0 Å². The van der Waals surface area contributed by atoms with Gasteiger partial charge in [0.25, 0.3) is 0 Å². The number of nitrogens with one attached hydrogen (secondary N) is 2. The van der Waals surface area contributed by atoms with Gasteiger partial charge in [0.15, 0.2) is 0 Å². The van der Waals surface area contributed by atoms with Gasteiger partial charge in [-0.25, -0.2) is 0 Å². The fourth-order valence-corrected chi connectivity index (χ4v) is 7.26. The molecular weight excluding hydrogens is 668 g/mol. The van der Waals surface area contributed by atoms with E-state index in [9.17, 15) is 9.59 Å². The molecule has 0 saturated carbocycles. The van der Waals surface area contributed by atoms with Gasteiger partial charge in [0.2, 0.25) is 11.8 Å². The van der Waals surface area contributed by atoms with Crippen LogP contribution in [-0.2, 0) is 9.59 Å². The molecule has 0 aromatic heterocycles. The van der Waals surface area contributed by atoms with Crippen LogP contribution in [0.15, 0.2) is 0 Å². The van der Waals surface area contributed by atoms with Crippen molar-refractivity contribution in [2.75, 3.05) is 46.3 Å². The number of amides is 2. The lowest BCUT2D eigenvalue weighted by Gasteiger charge is -2.35. The molecule has 2 atom stereocenters. The van der Waals surface area contributed by atoms with Gasteiger partial charge in [0.05, 0.1) is 39.3 Å². The van der Waals surface area contributed by atoms with Crippen LogP contribution in [0.2, 0.25) is 0 Å². The number of rotatable bonds is 40. The number of unbranched alkanes of at least 4 members (excludes halogenated alkanes) is 24. The standard InChI is InChI=1S/C43H90N6O2.ClH/c1-4-6-8-10-12-14-16-18-20-22-24-30-37-49(3,38-31-25-23-21-19-17-15-13-11-9-7-5-2)39-36-47-43(51)41(33-27-29-35-45)48-42(50)40(46)32-26-28-34-44;/h40-41H,4-39,44-46H2,1-3H3,(H-,47,48,50,51);1H/t40-,41?;/m0./s1. The number of quaternary nitrogens is 1. The normalized spacial score (nSPS) is 12.7. The number of hydrogen-bond acceptors (Lipinski definition) is 5. The summed E-state index contributed by atoms with van der Waals surface area (Å²) in [6.45, 7) is 9.62. The number of carbonyl (C=O) groups is 2. The highest BCUT2D eigenvalue weighted by atomic mass is 35.5. The molecule has 0 aliphatic carbocycles. The second-order valence-electron chi connectivity index (χ2n) is 16.1. The molecule has 0 fully saturated rings. The lowest BCUT2D eigenvalue weighted by molar-refractivity contribution is -0.908. The Morgan fingerprint density at radius 2 is 0.865 bits per heavy atom. The highest BCUT2D eigenvalue weighted by Crippen LogP contribution is 2.16. The Kier molecular flexibility index (Phi) is 40.7. The first-order valence-electron chi connectivity index (χ1n) is 22.4. The summed E-state index contributed by atoms with van der Waals surface area (Å²) < 4.78 is 1.01. The van der Waals surface area contributed by atoms with E-state index in [1.807, 2.05) is 0 Å². The predicted octanol–water partition coefficient (Wildman–Crippen LogP) is 6.03. The number of nitrogens with zero attached hydrogens (tertiary/aromatic N) is 1.